The maximum absolute atomic E-state index is 11.1. The van der Waals surface area contributed by atoms with Gasteiger partial charge in [0.05, 0.1) is 19.6 Å². The summed E-state index contributed by atoms with van der Waals surface area (Å²) < 4.78 is 5.13. The molecule has 1 aliphatic heterocycles. The summed E-state index contributed by atoms with van der Waals surface area (Å²) in [6, 6.07) is 4.29. The molecule has 3 rings (SSSR count). The Bertz CT molecular complexity index is 682. The van der Waals surface area contributed by atoms with Crippen LogP contribution in [-0.4, -0.2) is 46.9 Å². The first kappa shape index (κ1) is 15.9. The second kappa shape index (κ2) is 7.06. The third-order valence-corrected chi connectivity index (χ3v) is 4.64. The summed E-state index contributed by atoms with van der Waals surface area (Å²) in [6.07, 6.45) is 4.07. The molecule has 0 saturated carbocycles. The Labute approximate surface area is 139 Å². The number of methoxy groups -OCH3 is 1. The molecule has 0 aromatic carbocycles. The minimum Gasteiger partial charge on any atom is -0.481 e. The van der Waals surface area contributed by atoms with Gasteiger partial charge in [-0.05, 0) is 13.0 Å². The largest absolute Gasteiger partial charge is 0.481 e. The summed E-state index contributed by atoms with van der Waals surface area (Å²) in [5.41, 5.74) is 1.03. The number of anilines is 1. The number of rotatable bonds is 7. The van der Waals surface area contributed by atoms with Gasteiger partial charge in [0.2, 0.25) is 5.88 Å². The summed E-state index contributed by atoms with van der Waals surface area (Å²) in [4.78, 5) is 23.1. The molecule has 2 aromatic heterocycles. The van der Waals surface area contributed by atoms with E-state index in [2.05, 4.69) is 20.2 Å². The fourth-order valence-corrected chi connectivity index (χ4v) is 3.61. The smallest absolute Gasteiger partial charge is 0.214 e. The van der Waals surface area contributed by atoms with Crippen LogP contribution in [0.2, 0.25) is 0 Å². The molecule has 0 bridgehead atoms. The number of Topliss-reactive ketones (excluding diaryl/α,β-unsaturated/α-hetero) is 1. The quantitative estimate of drug-likeness (QED) is 0.836. The minimum absolute atomic E-state index is 0.159. The van der Waals surface area contributed by atoms with E-state index in [0.717, 1.165) is 30.3 Å². The molecule has 0 amide bonds. The number of hydrogen-bond acceptors (Lipinski definition) is 7. The molecule has 1 saturated heterocycles. The van der Waals surface area contributed by atoms with E-state index in [1.807, 2.05) is 18.3 Å². The fraction of sp³-hybridized carbons (Fsp3) is 0.438. The normalized spacial score (nSPS) is 15.2. The van der Waals surface area contributed by atoms with E-state index < -0.39 is 0 Å². The first-order chi connectivity index (χ1) is 11.1. The van der Waals surface area contributed by atoms with Crippen LogP contribution < -0.4 is 10.1 Å². The van der Waals surface area contributed by atoms with Gasteiger partial charge in [-0.1, -0.05) is 0 Å². The fourth-order valence-electron chi connectivity index (χ4n) is 2.57. The molecule has 1 aliphatic rings. The number of ketones is 1. The van der Waals surface area contributed by atoms with Gasteiger partial charge in [-0.2, -0.15) is 0 Å². The highest BCUT2D eigenvalue weighted by Crippen LogP contribution is 2.22. The van der Waals surface area contributed by atoms with Crippen molar-refractivity contribution in [1.29, 1.82) is 0 Å². The number of ether oxygens (including phenoxy) is 1. The maximum atomic E-state index is 11.1. The van der Waals surface area contributed by atoms with Gasteiger partial charge in [0.25, 0.3) is 0 Å². The van der Waals surface area contributed by atoms with Gasteiger partial charge < -0.3 is 10.1 Å². The van der Waals surface area contributed by atoms with Crippen molar-refractivity contribution in [2.24, 2.45) is 0 Å². The molecule has 0 aliphatic carbocycles. The van der Waals surface area contributed by atoms with Crippen LogP contribution >= 0.6 is 11.3 Å². The summed E-state index contributed by atoms with van der Waals surface area (Å²) >= 11 is 1.63. The molecule has 7 heteroatoms. The lowest BCUT2D eigenvalue weighted by atomic mass is 10.1. The first-order valence-electron chi connectivity index (χ1n) is 7.54. The summed E-state index contributed by atoms with van der Waals surface area (Å²) in [5, 5.41) is 4.39. The zero-order valence-electron chi connectivity index (χ0n) is 13.3. The molecule has 0 atom stereocenters. The first-order valence-corrected chi connectivity index (χ1v) is 8.36. The zero-order valence-corrected chi connectivity index (χ0v) is 14.1. The molecule has 0 radical (unpaired) electrons. The zero-order chi connectivity index (χ0) is 16.2. The molecular formula is C16H20N4O2S. The summed E-state index contributed by atoms with van der Waals surface area (Å²) in [6.45, 7) is 4.48. The van der Waals surface area contributed by atoms with Crippen LogP contribution in [0, 0.1) is 0 Å². The predicted molar refractivity (Wildman–Crippen MR) is 90.0 cm³/mol. The number of carbonyl (C=O) groups excluding carboxylic acids is 1. The molecule has 3 heterocycles. The molecule has 2 aromatic rings. The molecule has 0 spiro atoms. The number of thiazole rings is 1. The van der Waals surface area contributed by atoms with Crippen molar-refractivity contribution < 1.29 is 9.53 Å². The average Bonchev–Trinajstić information content (AvgIpc) is 2.91. The van der Waals surface area contributed by atoms with Gasteiger partial charge in [0.15, 0.2) is 0 Å². The van der Waals surface area contributed by atoms with Crippen LogP contribution in [0.1, 0.15) is 16.8 Å². The van der Waals surface area contributed by atoms with E-state index >= 15 is 0 Å². The molecule has 1 N–H and O–H groups in total. The lowest BCUT2D eigenvalue weighted by Gasteiger charge is -2.39. The molecule has 23 heavy (non-hydrogen) atoms. The van der Waals surface area contributed by atoms with E-state index in [-0.39, 0.29) is 5.78 Å². The van der Waals surface area contributed by atoms with E-state index in [4.69, 9.17) is 4.74 Å². The Balaban J connectivity index is 1.45. The Kier molecular flexibility index (Phi) is 4.88. The molecule has 122 valence electrons. The number of pyridine rings is 1. The van der Waals surface area contributed by atoms with E-state index in [1.165, 1.54) is 4.88 Å². The van der Waals surface area contributed by atoms with Crippen molar-refractivity contribution in [3.8, 4) is 5.88 Å². The Morgan fingerprint density at radius 1 is 1.48 bits per heavy atom. The number of hydrogen-bond donors (Lipinski definition) is 1. The van der Waals surface area contributed by atoms with Crippen molar-refractivity contribution in [3.05, 3.63) is 34.4 Å². The molecule has 1 fully saturated rings. The second-order valence-electron chi connectivity index (χ2n) is 5.72. The third kappa shape index (κ3) is 4.27. The van der Waals surface area contributed by atoms with Crippen molar-refractivity contribution >= 4 is 22.8 Å². The van der Waals surface area contributed by atoms with Gasteiger partial charge in [-0.25, -0.2) is 9.97 Å². The van der Waals surface area contributed by atoms with E-state index in [1.54, 1.807) is 31.6 Å². The van der Waals surface area contributed by atoms with Crippen LogP contribution in [0.15, 0.2) is 24.5 Å². The van der Waals surface area contributed by atoms with E-state index in [0.29, 0.717) is 18.3 Å². The van der Waals surface area contributed by atoms with Crippen molar-refractivity contribution in [3.63, 3.8) is 0 Å². The Morgan fingerprint density at radius 2 is 2.30 bits per heavy atom. The standard InChI is InChI=1S/C16H20N4O2S/c1-11(21)5-16-18-7-14(23-16)10-20-8-13(9-20)19-12-3-4-17-15(6-12)22-2/h3-4,6-7,13H,5,8-10H2,1-2H3,(H,17,19). The van der Waals surface area contributed by atoms with Crippen LogP contribution in [0.4, 0.5) is 5.69 Å². The van der Waals surface area contributed by atoms with Gasteiger partial charge >= 0.3 is 0 Å². The monoisotopic (exact) mass is 332 g/mol. The SMILES string of the molecule is COc1cc(NC2CN(Cc3cnc(CC(C)=O)s3)C2)ccn1. The van der Waals surface area contributed by atoms with Crippen LogP contribution in [-0.2, 0) is 17.8 Å². The van der Waals surface area contributed by atoms with Crippen LogP contribution in [0.5, 0.6) is 5.88 Å². The maximum Gasteiger partial charge on any atom is 0.214 e. The molecular weight excluding hydrogens is 312 g/mol. The lowest BCUT2D eigenvalue weighted by Crippen LogP contribution is -2.53. The molecule has 6 nitrogen and oxygen atoms in total. The summed E-state index contributed by atoms with van der Waals surface area (Å²) in [7, 11) is 1.62. The number of nitrogens with one attached hydrogen (secondary N) is 1. The van der Waals surface area contributed by atoms with Crippen LogP contribution in [0.3, 0.4) is 0 Å². The average molecular weight is 332 g/mol. The highest BCUT2D eigenvalue weighted by Gasteiger charge is 2.27. The number of likely N-dealkylation sites (tertiary alicyclic amines) is 1. The van der Waals surface area contributed by atoms with Crippen molar-refractivity contribution in [2.45, 2.75) is 25.9 Å². The van der Waals surface area contributed by atoms with Crippen molar-refractivity contribution in [2.75, 3.05) is 25.5 Å². The van der Waals surface area contributed by atoms with Gasteiger partial charge in [0.1, 0.15) is 10.8 Å². The number of nitrogens with zero attached hydrogens (tertiary/aromatic N) is 3. The van der Waals surface area contributed by atoms with Gasteiger partial charge in [-0.3, -0.25) is 9.69 Å². The Morgan fingerprint density at radius 3 is 3.04 bits per heavy atom. The second-order valence-corrected chi connectivity index (χ2v) is 6.92. The topological polar surface area (TPSA) is 67.3 Å². The van der Waals surface area contributed by atoms with E-state index in [9.17, 15) is 4.79 Å². The van der Waals surface area contributed by atoms with Crippen molar-refractivity contribution in [1.82, 2.24) is 14.9 Å². The molecule has 0 unspecified atom stereocenters. The highest BCUT2D eigenvalue weighted by molar-refractivity contribution is 7.11. The lowest BCUT2D eigenvalue weighted by molar-refractivity contribution is -0.116. The highest BCUT2D eigenvalue weighted by atomic mass is 32.1. The third-order valence-electron chi connectivity index (χ3n) is 3.65. The summed E-state index contributed by atoms with van der Waals surface area (Å²) in [5.74, 6) is 0.778. The van der Waals surface area contributed by atoms with Gasteiger partial charge in [0, 0.05) is 48.7 Å². The minimum atomic E-state index is 0.159. The predicted octanol–water partition coefficient (Wildman–Crippen LogP) is 1.97. The van der Waals surface area contributed by atoms with Gasteiger partial charge in [-0.15, -0.1) is 11.3 Å². The number of carbonyl (C=O) groups is 1. The van der Waals surface area contributed by atoms with Crippen LogP contribution in [0.25, 0.3) is 0 Å². The Hall–Kier alpha value is -1.99. The number of aromatic nitrogens is 2.